The van der Waals surface area contributed by atoms with E-state index in [2.05, 4.69) is 20.3 Å². The van der Waals surface area contributed by atoms with Crippen molar-refractivity contribution < 1.29 is 27.8 Å². The summed E-state index contributed by atoms with van der Waals surface area (Å²) in [6, 6.07) is 3.82. The predicted octanol–water partition coefficient (Wildman–Crippen LogP) is 3.41. The third-order valence-corrected chi connectivity index (χ3v) is 6.50. The molecule has 4 rings (SSSR count). The number of anilines is 1. The fourth-order valence-corrected chi connectivity index (χ4v) is 4.78. The number of amides is 2. The average molecular weight is 537 g/mol. The van der Waals surface area contributed by atoms with Gasteiger partial charge in [0.05, 0.1) is 24.3 Å². The first-order valence-corrected chi connectivity index (χ1v) is 11.8. The second kappa shape index (κ2) is 9.40. The standard InChI is InChI=1S/C24H27ClF2N6O4/c1-12-17(27)18(36-6)29-20(28-12)33-10-15-19(34)32(5)21(30-22(35)37-23(2,3)4)31-24(15,11-33)14-9-13(26)7-8-16(14)25/h7-9,15H,10-11H2,1-6H3,(H,30,31,35)/t15-,24+/m0/s1. The van der Waals surface area contributed by atoms with Gasteiger partial charge in [-0.1, -0.05) is 11.6 Å². The van der Waals surface area contributed by atoms with Gasteiger partial charge in [0.1, 0.15) is 11.4 Å². The van der Waals surface area contributed by atoms with E-state index in [0.29, 0.717) is 0 Å². The molecule has 1 aromatic carbocycles. The summed E-state index contributed by atoms with van der Waals surface area (Å²) in [7, 11) is 2.74. The van der Waals surface area contributed by atoms with Gasteiger partial charge >= 0.3 is 6.09 Å². The van der Waals surface area contributed by atoms with Crippen molar-refractivity contribution in [2.75, 3.05) is 32.1 Å². The number of rotatable bonds is 3. The highest BCUT2D eigenvalue weighted by atomic mass is 35.5. The van der Waals surface area contributed by atoms with E-state index in [4.69, 9.17) is 21.1 Å². The minimum atomic E-state index is -1.33. The molecule has 2 fully saturated rings. The fraction of sp³-hybridized carbons (Fsp3) is 0.458. The summed E-state index contributed by atoms with van der Waals surface area (Å²) in [4.78, 5) is 41.4. The molecule has 2 aliphatic rings. The van der Waals surface area contributed by atoms with Crippen molar-refractivity contribution in [3.05, 3.63) is 46.1 Å². The molecule has 2 amide bonds. The van der Waals surface area contributed by atoms with E-state index >= 15 is 0 Å². The second-order valence-corrected chi connectivity index (χ2v) is 10.3. The van der Waals surface area contributed by atoms with Crippen LogP contribution in [-0.2, 0) is 15.1 Å². The number of methoxy groups -OCH3 is 1. The molecule has 198 valence electrons. The molecule has 1 aromatic heterocycles. The van der Waals surface area contributed by atoms with Gasteiger partial charge in [-0.25, -0.2) is 14.2 Å². The molecule has 10 nitrogen and oxygen atoms in total. The molecule has 1 N–H and O–H groups in total. The molecule has 0 bridgehead atoms. The number of aromatic nitrogens is 2. The second-order valence-electron chi connectivity index (χ2n) is 9.90. The summed E-state index contributed by atoms with van der Waals surface area (Å²) in [6.07, 6.45) is -0.911. The van der Waals surface area contributed by atoms with Crippen molar-refractivity contribution in [2.45, 2.75) is 38.8 Å². The summed E-state index contributed by atoms with van der Waals surface area (Å²) in [5.74, 6) is -2.74. The number of hydrogen-bond acceptors (Lipinski definition) is 7. The van der Waals surface area contributed by atoms with E-state index < -0.39 is 40.7 Å². The monoisotopic (exact) mass is 536 g/mol. The van der Waals surface area contributed by atoms with Gasteiger partial charge in [0.2, 0.25) is 23.6 Å². The zero-order valence-electron chi connectivity index (χ0n) is 21.2. The Hall–Kier alpha value is -3.54. The number of halogens is 3. The van der Waals surface area contributed by atoms with Gasteiger partial charge in [-0.15, -0.1) is 4.99 Å². The number of carbonyl (C=O) groups is 2. The zero-order valence-corrected chi connectivity index (χ0v) is 22.0. The number of nitrogens with zero attached hydrogens (tertiary/aromatic N) is 5. The summed E-state index contributed by atoms with van der Waals surface area (Å²) in [5, 5.41) is 3.36. The third kappa shape index (κ3) is 4.89. The Labute approximate surface area is 217 Å². The molecular weight excluding hydrogens is 510 g/mol. The Morgan fingerprint density at radius 1 is 1.30 bits per heavy atom. The van der Waals surface area contributed by atoms with Crippen molar-refractivity contribution in [1.82, 2.24) is 20.2 Å². The van der Waals surface area contributed by atoms with E-state index in [1.54, 1.807) is 25.7 Å². The minimum absolute atomic E-state index is 0.0159. The number of fused-ring (bicyclic) bond motifs is 1. The molecular formula is C24H27ClF2N6O4. The maximum Gasteiger partial charge on any atom is 0.437 e. The fourth-order valence-electron chi connectivity index (χ4n) is 4.49. The van der Waals surface area contributed by atoms with Crippen LogP contribution in [-0.4, -0.2) is 65.7 Å². The molecule has 2 atom stereocenters. The van der Waals surface area contributed by atoms with Gasteiger partial charge < -0.3 is 19.7 Å². The first kappa shape index (κ1) is 26.5. The predicted molar refractivity (Wildman–Crippen MR) is 132 cm³/mol. The van der Waals surface area contributed by atoms with Gasteiger partial charge in [0.15, 0.2) is 0 Å². The Kier molecular flexibility index (Phi) is 6.74. The number of guanidine groups is 1. The molecule has 2 aromatic rings. The molecule has 13 heteroatoms. The molecule has 0 spiro atoms. The average Bonchev–Trinajstić information content (AvgIpc) is 3.20. The van der Waals surface area contributed by atoms with Crippen molar-refractivity contribution in [3.63, 3.8) is 0 Å². The van der Waals surface area contributed by atoms with Gasteiger partial charge in [0, 0.05) is 30.7 Å². The van der Waals surface area contributed by atoms with Crippen LogP contribution < -0.4 is 15.0 Å². The van der Waals surface area contributed by atoms with E-state index in [9.17, 15) is 18.4 Å². The summed E-state index contributed by atoms with van der Waals surface area (Å²) in [5.41, 5.74) is -1.81. The third-order valence-electron chi connectivity index (χ3n) is 6.17. The first-order chi connectivity index (χ1) is 17.3. The SMILES string of the molecule is COc1nc(N2C[C@H]3C(=O)N(C)/C(=N\C(=O)OC(C)(C)C)N[C@@]3(c3cc(F)ccc3Cl)C2)nc(C)c1F. The van der Waals surface area contributed by atoms with Crippen LogP contribution in [0.4, 0.5) is 19.5 Å². The maximum absolute atomic E-state index is 14.5. The van der Waals surface area contributed by atoms with Crippen LogP contribution in [0.2, 0.25) is 5.02 Å². The minimum Gasteiger partial charge on any atom is -0.479 e. The van der Waals surface area contributed by atoms with Gasteiger partial charge in [-0.2, -0.15) is 9.37 Å². The lowest BCUT2D eigenvalue weighted by molar-refractivity contribution is -0.133. The van der Waals surface area contributed by atoms with Crippen LogP contribution in [0.15, 0.2) is 23.2 Å². The number of aliphatic imine (C=N–C) groups is 1. The first-order valence-electron chi connectivity index (χ1n) is 11.4. The number of hydrogen-bond donors (Lipinski definition) is 1. The molecule has 2 aliphatic heterocycles. The summed E-state index contributed by atoms with van der Waals surface area (Å²) >= 11 is 6.52. The van der Waals surface area contributed by atoms with Crippen molar-refractivity contribution in [3.8, 4) is 5.88 Å². The van der Waals surface area contributed by atoms with Crippen LogP contribution in [0.25, 0.3) is 0 Å². The van der Waals surface area contributed by atoms with Crippen LogP contribution >= 0.6 is 11.6 Å². The van der Waals surface area contributed by atoms with Crippen molar-refractivity contribution in [1.29, 1.82) is 0 Å². The highest BCUT2D eigenvalue weighted by Gasteiger charge is 2.58. The van der Waals surface area contributed by atoms with Crippen LogP contribution in [0.3, 0.4) is 0 Å². The van der Waals surface area contributed by atoms with Crippen LogP contribution in [0, 0.1) is 24.5 Å². The number of nitrogens with one attached hydrogen (secondary N) is 1. The molecule has 3 heterocycles. The van der Waals surface area contributed by atoms with E-state index in [1.807, 2.05) is 0 Å². The highest BCUT2D eigenvalue weighted by Crippen LogP contribution is 2.44. The van der Waals surface area contributed by atoms with E-state index in [1.165, 1.54) is 44.2 Å². The Balaban J connectivity index is 1.84. The smallest absolute Gasteiger partial charge is 0.437 e. The highest BCUT2D eigenvalue weighted by molar-refractivity contribution is 6.31. The molecule has 2 saturated heterocycles. The topological polar surface area (TPSA) is 109 Å². The van der Waals surface area contributed by atoms with Crippen LogP contribution in [0.1, 0.15) is 32.0 Å². The molecule has 0 aliphatic carbocycles. The number of carbonyl (C=O) groups excluding carboxylic acids is 2. The summed E-state index contributed by atoms with van der Waals surface area (Å²) < 4.78 is 39.1. The van der Waals surface area contributed by atoms with Gasteiger partial charge in [-0.05, 0) is 45.9 Å². The van der Waals surface area contributed by atoms with E-state index in [0.717, 1.165) is 0 Å². The van der Waals surface area contributed by atoms with Gasteiger partial charge in [-0.3, -0.25) is 9.69 Å². The number of aryl methyl sites for hydroxylation is 1. The lowest BCUT2D eigenvalue weighted by atomic mass is 9.78. The van der Waals surface area contributed by atoms with Crippen molar-refractivity contribution >= 4 is 35.5 Å². The van der Waals surface area contributed by atoms with Gasteiger partial charge in [0.25, 0.3) is 5.88 Å². The lowest BCUT2D eigenvalue weighted by Crippen LogP contribution is -2.65. The Morgan fingerprint density at radius 3 is 2.65 bits per heavy atom. The largest absolute Gasteiger partial charge is 0.479 e. The zero-order chi connectivity index (χ0) is 27.3. The lowest BCUT2D eigenvalue weighted by Gasteiger charge is -2.43. The Morgan fingerprint density at radius 2 is 2.00 bits per heavy atom. The van der Waals surface area contributed by atoms with Crippen molar-refractivity contribution in [2.24, 2.45) is 10.9 Å². The number of benzene rings is 1. The number of ether oxygens (including phenoxy) is 2. The Bertz CT molecular complexity index is 1300. The van der Waals surface area contributed by atoms with E-state index in [-0.39, 0.29) is 47.2 Å². The van der Waals surface area contributed by atoms with Crippen LogP contribution in [0.5, 0.6) is 5.88 Å². The molecule has 0 radical (unpaired) electrons. The molecule has 0 unspecified atom stereocenters. The molecule has 0 saturated carbocycles. The summed E-state index contributed by atoms with van der Waals surface area (Å²) in [6.45, 7) is 6.62. The molecule has 37 heavy (non-hydrogen) atoms. The maximum atomic E-state index is 14.5. The quantitative estimate of drug-likeness (QED) is 0.635. The normalized spacial score (nSPS) is 22.7.